The molecule has 100 valence electrons. The zero-order valence-electron chi connectivity index (χ0n) is 9.80. The molecule has 0 saturated carbocycles. The molecule has 4 amide bonds. The van der Waals surface area contributed by atoms with Crippen LogP contribution in [-0.4, -0.2) is 39.5 Å². The van der Waals surface area contributed by atoms with Gasteiger partial charge in [-0.25, -0.2) is 14.8 Å². The SMILES string of the molecule is NC(=O)CCCC(C(N)=O)[N+]1(O)C(=O)CCC1=O. The van der Waals surface area contributed by atoms with E-state index in [0.717, 1.165) is 0 Å². The normalized spacial score (nSPS) is 19.8. The van der Waals surface area contributed by atoms with Crippen LogP contribution in [-0.2, 0) is 19.2 Å². The van der Waals surface area contributed by atoms with Gasteiger partial charge in [0.05, 0.1) is 12.8 Å². The molecule has 5 N–H and O–H groups in total. The average molecular weight is 258 g/mol. The number of hydrogen-bond donors (Lipinski definition) is 3. The van der Waals surface area contributed by atoms with Crippen molar-refractivity contribution in [3.63, 3.8) is 0 Å². The summed E-state index contributed by atoms with van der Waals surface area (Å²) in [6, 6.07) is -1.35. The maximum absolute atomic E-state index is 11.6. The fourth-order valence-electron chi connectivity index (χ4n) is 2.02. The van der Waals surface area contributed by atoms with Gasteiger partial charge in [-0.1, -0.05) is 0 Å². The van der Waals surface area contributed by atoms with Crippen LogP contribution in [0.15, 0.2) is 0 Å². The van der Waals surface area contributed by atoms with Crippen molar-refractivity contribution < 1.29 is 29.0 Å². The standard InChI is InChI=1S/C10H15N3O5/c11-7(14)3-1-2-6(10(12)17)13(18)8(15)4-5-9(13)16/h6,18H,1-5H2,(H3-,11,12,14,17)/p+1. The van der Waals surface area contributed by atoms with Crippen molar-refractivity contribution in [2.75, 3.05) is 0 Å². The van der Waals surface area contributed by atoms with Gasteiger partial charge >= 0.3 is 11.8 Å². The number of nitrogens with zero attached hydrogens (tertiary/aromatic N) is 1. The van der Waals surface area contributed by atoms with Crippen molar-refractivity contribution >= 4 is 23.6 Å². The van der Waals surface area contributed by atoms with Crippen LogP contribution in [0.2, 0.25) is 0 Å². The van der Waals surface area contributed by atoms with Gasteiger partial charge in [-0.15, -0.1) is 0 Å². The summed E-state index contributed by atoms with van der Waals surface area (Å²) in [5, 5.41) is 10.0. The molecule has 1 aliphatic rings. The molecule has 1 fully saturated rings. The first-order valence-electron chi connectivity index (χ1n) is 5.56. The summed E-state index contributed by atoms with van der Waals surface area (Å²) in [4.78, 5) is 45.0. The van der Waals surface area contributed by atoms with Crippen LogP contribution < -0.4 is 11.5 Å². The van der Waals surface area contributed by atoms with E-state index >= 15 is 0 Å². The molecule has 0 radical (unpaired) electrons. The van der Waals surface area contributed by atoms with Gasteiger partial charge in [0.2, 0.25) is 11.9 Å². The van der Waals surface area contributed by atoms with Gasteiger partial charge in [0, 0.05) is 12.8 Å². The van der Waals surface area contributed by atoms with Crippen LogP contribution in [0, 0.1) is 0 Å². The van der Waals surface area contributed by atoms with Gasteiger partial charge in [0.1, 0.15) is 0 Å². The Balaban J connectivity index is 2.84. The number of primary amides is 2. The molecule has 1 atom stereocenters. The molecule has 1 unspecified atom stereocenters. The number of carbonyl (C=O) groups excluding carboxylic acids is 4. The topological polar surface area (TPSA) is 141 Å². The van der Waals surface area contributed by atoms with Crippen molar-refractivity contribution in [1.29, 1.82) is 0 Å². The molecule has 1 aliphatic heterocycles. The molecule has 0 aliphatic carbocycles. The minimum Gasteiger partial charge on any atom is -0.370 e. The number of likely N-dealkylation sites (tertiary alicyclic amines) is 1. The third-order valence-corrected chi connectivity index (χ3v) is 2.99. The largest absolute Gasteiger partial charge is 0.370 e. The molecule has 8 nitrogen and oxygen atoms in total. The van der Waals surface area contributed by atoms with E-state index in [2.05, 4.69) is 0 Å². The highest BCUT2D eigenvalue weighted by atomic mass is 16.6. The van der Waals surface area contributed by atoms with Gasteiger partial charge < -0.3 is 11.5 Å². The Labute approximate surface area is 103 Å². The smallest absolute Gasteiger partial charge is 0.354 e. The first-order chi connectivity index (χ1) is 8.30. The molecule has 1 rings (SSSR count). The van der Waals surface area contributed by atoms with Gasteiger partial charge in [0.25, 0.3) is 5.91 Å². The lowest BCUT2D eigenvalue weighted by Crippen LogP contribution is -2.61. The first-order valence-corrected chi connectivity index (χ1v) is 5.56. The summed E-state index contributed by atoms with van der Waals surface area (Å²) in [5.41, 5.74) is 10.0. The summed E-state index contributed by atoms with van der Waals surface area (Å²) < 4.78 is -1.58. The fraction of sp³-hybridized carbons (Fsp3) is 0.600. The van der Waals surface area contributed by atoms with Gasteiger partial charge in [-0.2, -0.15) is 0 Å². The summed E-state index contributed by atoms with van der Waals surface area (Å²) in [6.45, 7) is 0. The molecule has 1 saturated heterocycles. The molecule has 0 aromatic heterocycles. The molecule has 0 bridgehead atoms. The van der Waals surface area contributed by atoms with E-state index in [9.17, 15) is 24.4 Å². The second-order valence-corrected chi connectivity index (χ2v) is 4.25. The van der Waals surface area contributed by atoms with Crippen molar-refractivity contribution in [2.45, 2.75) is 38.1 Å². The second-order valence-electron chi connectivity index (χ2n) is 4.25. The van der Waals surface area contributed by atoms with E-state index in [1.54, 1.807) is 0 Å². The lowest BCUT2D eigenvalue weighted by Gasteiger charge is -2.26. The van der Waals surface area contributed by atoms with Crippen molar-refractivity contribution in [2.24, 2.45) is 11.5 Å². The average Bonchev–Trinajstić information content (AvgIpc) is 2.52. The van der Waals surface area contributed by atoms with Crippen molar-refractivity contribution in [1.82, 2.24) is 0 Å². The lowest BCUT2D eigenvalue weighted by molar-refractivity contribution is -0.984. The maximum Gasteiger partial charge on any atom is 0.354 e. The Hall–Kier alpha value is -1.80. The van der Waals surface area contributed by atoms with Gasteiger partial charge in [-0.3, -0.25) is 9.59 Å². The van der Waals surface area contributed by atoms with Crippen LogP contribution in [0.1, 0.15) is 32.1 Å². The van der Waals surface area contributed by atoms with Crippen LogP contribution in [0.25, 0.3) is 0 Å². The van der Waals surface area contributed by atoms with Crippen LogP contribution >= 0.6 is 0 Å². The number of hydroxylamine groups is 3. The number of nitrogens with two attached hydrogens (primary N) is 2. The molecular formula is C10H16N3O5+. The van der Waals surface area contributed by atoms with Crippen molar-refractivity contribution in [3.8, 4) is 0 Å². The Kier molecular flexibility index (Phi) is 4.15. The minimum absolute atomic E-state index is 0.00778. The Morgan fingerprint density at radius 1 is 1.22 bits per heavy atom. The Bertz CT molecular complexity index is 390. The first kappa shape index (κ1) is 14.3. The second kappa shape index (κ2) is 5.23. The lowest BCUT2D eigenvalue weighted by atomic mass is 10.1. The Morgan fingerprint density at radius 3 is 2.11 bits per heavy atom. The van der Waals surface area contributed by atoms with Gasteiger partial charge in [0.15, 0.2) is 0 Å². The van der Waals surface area contributed by atoms with E-state index in [0.29, 0.717) is 0 Å². The van der Waals surface area contributed by atoms with E-state index in [4.69, 9.17) is 11.5 Å². The fourth-order valence-corrected chi connectivity index (χ4v) is 2.02. The highest BCUT2D eigenvalue weighted by Gasteiger charge is 2.57. The third kappa shape index (κ3) is 2.54. The van der Waals surface area contributed by atoms with E-state index in [1.165, 1.54) is 0 Å². The number of imide groups is 1. The maximum atomic E-state index is 11.6. The van der Waals surface area contributed by atoms with Crippen LogP contribution in [0.4, 0.5) is 0 Å². The van der Waals surface area contributed by atoms with E-state index < -0.39 is 34.3 Å². The van der Waals surface area contributed by atoms with Crippen LogP contribution in [0.5, 0.6) is 0 Å². The van der Waals surface area contributed by atoms with Gasteiger partial charge in [-0.05, 0) is 11.1 Å². The predicted octanol–water partition coefficient (Wildman–Crippen LogP) is -1.45. The molecule has 0 aromatic carbocycles. The highest BCUT2D eigenvalue weighted by molar-refractivity contribution is 5.94. The molecule has 0 aromatic rings. The molecular weight excluding hydrogens is 242 g/mol. The molecule has 1 heterocycles. The summed E-state index contributed by atoms with van der Waals surface area (Å²) in [6.07, 6.45) is -0.119. The number of amides is 4. The monoisotopic (exact) mass is 258 g/mol. The summed E-state index contributed by atoms with van der Waals surface area (Å²) >= 11 is 0. The quantitative estimate of drug-likeness (QED) is 0.303. The number of carbonyl (C=O) groups is 4. The minimum atomic E-state index is -1.58. The number of rotatable bonds is 6. The Morgan fingerprint density at radius 2 is 1.72 bits per heavy atom. The van der Waals surface area contributed by atoms with Crippen LogP contribution in [0.3, 0.4) is 0 Å². The third-order valence-electron chi connectivity index (χ3n) is 2.99. The summed E-state index contributed by atoms with van der Waals surface area (Å²) in [7, 11) is 0. The molecule has 8 heteroatoms. The number of quaternary nitrogens is 1. The van der Waals surface area contributed by atoms with E-state index in [1.807, 2.05) is 0 Å². The van der Waals surface area contributed by atoms with E-state index in [-0.39, 0.29) is 32.1 Å². The van der Waals surface area contributed by atoms with Crippen molar-refractivity contribution in [3.05, 3.63) is 0 Å². The number of hydrogen-bond acceptors (Lipinski definition) is 5. The predicted molar refractivity (Wildman–Crippen MR) is 57.3 cm³/mol. The highest BCUT2D eigenvalue weighted by Crippen LogP contribution is 2.26. The molecule has 0 spiro atoms. The zero-order valence-corrected chi connectivity index (χ0v) is 9.80. The summed E-state index contributed by atoms with van der Waals surface area (Å²) in [5.74, 6) is -3.02. The zero-order chi connectivity index (χ0) is 13.9. The molecule has 18 heavy (non-hydrogen) atoms.